The van der Waals surface area contributed by atoms with Crippen molar-refractivity contribution in [3.8, 4) is 0 Å². The van der Waals surface area contributed by atoms with Crippen molar-refractivity contribution < 1.29 is 23.9 Å². The predicted octanol–water partition coefficient (Wildman–Crippen LogP) is 1.71. The summed E-state index contributed by atoms with van der Waals surface area (Å²) in [5.74, 6) is -2.52. The number of Topliss-reactive ketones (excluding diaryl/α,β-unsaturated/α-hetero) is 1. The molecule has 2 amide bonds. The molecule has 0 spiro atoms. The number of allylic oxidation sites excluding steroid dienone is 2. The number of ketones is 1. The van der Waals surface area contributed by atoms with E-state index in [2.05, 4.69) is 0 Å². The van der Waals surface area contributed by atoms with Gasteiger partial charge in [0.1, 0.15) is 6.04 Å². The number of aromatic nitrogens is 1. The fourth-order valence-electron chi connectivity index (χ4n) is 3.79. The van der Waals surface area contributed by atoms with Gasteiger partial charge in [-0.15, -0.1) is 0 Å². The first kappa shape index (κ1) is 19.1. The molecule has 0 N–H and O–H groups in total. The minimum atomic E-state index is -1.04. The van der Waals surface area contributed by atoms with Crippen LogP contribution in [0, 0.1) is 25.7 Å². The highest BCUT2D eigenvalue weighted by atomic mass is 16.5. The number of carbonyl (C=O) groups excluding carboxylic acids is 4. The number of carbonyl (C=O) groups is 4. The summed E-state index contributed by atoms with van der Waals surface area (Å²) in [6, 6.07) is 0.710. The summed E-state index contributed by atoms with van der Waals surface area (Å²) in [5, 5.41) is 0. The molecule has 0 saturated carbocycles. The van der Waals surface area contributed by atoms with E-state index < -0.39 is 30.5 Å². The van der Waals surface area contributed by atoms with Crippen LogP contribution in [0.25, 0.3) is 0 Å². The molecule has 3 rings (SSSR count). The van der Waals surface area contributed by atoms with Gasteiger partial charge in [-0.25, -0.2) is 4.79 Å². The lowest BCUT2D eigenvalue weighted by Crippen LogP contribution is -2.44. The molecule has 0 aromatic carbocycles. The van der Waals surface area contributed by atoms with E-state index in [0.717, 1.165) is 16.3 Å². The van der Waals surface area contributed by atoms with Gasteiger partial charge in [-0.05, 0) is 39.7 Å². The number of hydrogen-bond donors (Lipinski definition) is 0. The number of imide groups is 1. The molecule has 144 valence electrons. The first-order valence-corrected chi connectivity index (χ1v) is 9.08. The number of nitrogens with zero attached hydrogens (tertiary/aromatic N) is 2. The Bertz CT molecular complexity index is 825. The molecule has 1 aliphatic heterocycles. The molecule has 27 heavy (non-hydrogen) atoms. The Morgan fingerprint density at radius 3 is 2.19 bits per heavy atom. The number of rotatable bonds is 5. The number of likely N-dealkylation sites (tertiary alicyclic amines) is 1. The minimum Gasteiger partial charge on any atom is -0.456 e. The zero-order valence-corrected chi connectivity index (χ0v) is 16.0. The molecule has 7 heteroatoms. The monoisotopic (exact) mass is 372 g/mol. The van der Waals surface area contributed by atoms with Crippen LogP contribution >= 0.6 is 0 Å². The number of hydrogen-bond acceptors (Lipinski definition) is 5. The van der Waals surface area contributed by atoms with Gasteiger partial charge in [-0.3, -0.25) is 19.3 Å². The predicted molar refractivity (Wildman–Crippen MR) is 96.8 cm³/mol. The minimum absolute atomic E-state index is 0.311. The maximum atomic E-state index is 12.5. The summed E-state index contributed by atoms with van der Waals surface area (Å²) in [5.41, 5.74) is 2.23. The Morgan fingerprint density at radius 2 is 1.70 bits per heavy atom. The molecule has 0 radical (unpaired) electrons. The number of aryl methyl sites for hydroxylation is 1. The van der Waals surface area contributed by atoms with Crippen LogP contribution in [-0.4, -0.2) is 45.7 Å². The normalized spacial score (nSPS) is 22.7. The summed E-state index contributed by atoms with van der Waals surface area (Å²) in [6.07, 6.45) is 4.81. The first-order valence-electron chi connectivity index (χ1n) is 9.08. The summed E-state index contributed by atoms with van der Waals surface area (Å²) in [4.78, 5) is 50.8. The van der Waals surface area contributed by atoms with Gasteiger partial charge >= 0.3 is 5.97 Å². The third-order valence-corrected chi connectivity index (χ3v) is 5.69. The van der Waals surface area contributed by atoms with Crippen molar-refractivity contribution in [2.45, 2.75) is 39.7 Å². The topological polar surface area (TPSA) is 85.7 Å². The molecule has 2 aliphatic rings. The average molecular weight is 372 g/mol. The molecular formula is C20H24N2O5. The number of amides is 2. The van der Waals surface area contributed by atoms with Gasteiger partial charge in [-0.1, -0.05) is 12.2 Å². The molecule has 1 aromatic rings. The molecule has 0 unspecified atom stereocenters. The van der Waals surface area contributed by atoms with E-state index in [4.69, 9.17) is 4.74 Å². The highest BCUT2D eigenvalue weighted by Crippen LogP contribution is 2.36. The fraction of sp³-hybridized carbons (Fsp3) is 0.500. The molecule has 0 bridgehead atoms. The van der Waals surface area contributed by atoms with Crippen LogP contribution in [0.3, 0.4) is 0 Å². The lowest BCUT2D eigenvalue weighted by atomic mass is 9.85. The van der Waals surface area contributed by atoms with Crippen LogP contribution in [0.1, 0.15) is 41.5 Å². The van der Waals surface area contributed by atoms with Crippen LogP contribution in [0.15, 0.2) is 18.2 Å². The van der Waals surface area contributed by atoms with Crippen LogP contribution in [0.4, 0.5) is 0 Å². The standard InChI is InChI=1S/C20H24N2O5/c1-11-9-16(12(2)21(11)4)17(23)10-27-20(26)13(3)22-18(24)14-7-5-6-8-15(14)19(22)25/h5-6,9,13-15H,7-8,10H2,1-4H3/t13-,14-,15+/m0/s1. The Balaban J connectivity index is 1.64. The lowest BCUT2D eigenvalue weighted by molar-refractivity contribution is -0.157. The van der Waals surface area contributed by atoms with Gasteiger partial charge in [0.25, 0.3) is 0 Å². The van der Waals surface area contributed by atoms with Gasteiger partial charge in [0.2, 0.25) is 17.6 Å². The largest absolute Gasteiger partial charge is 0.456 e. The van der Waals surface area contributed by atoms with Gasteiger partial charge < -0.3 is 9.30 Å². The third-order valence-electron chi connectivity index (χ3n) is 5.69. The SMILES string of the molecule is Cc1cc(C(=O)COC(=O)[C@H](C)N2C(=O)[C@H]3CC=CC[C@H]3C2=O)c(C)n1C. The second kappa shape index (κ2) is 7.13. The molecule has 3 atom stereocenters. The van der Waals surface area contributed by atoms with Gasteiger partial charge in [0, 0.05) is 24.0 Å². The maximum Gasteiger partial charge on any atom is 0.329 e. The van der Waals surface area contributed by atoms with Crippen molar-refractivity contribution in [1.29, 1.82) is 0 Å². The summed E-state index contributed by atoms with van der Waals surface area (Å²) >= 11 is 0. The van der Waals surface area contributed by atoms with Crippen LogP contribution in [0.2, 0.25) is 0 Å². The quantitative estimate of drug-likeness (QED) is 0.340. The second-order valence-corrected chi connectivity index (χ2v) is 7.25. The number of ether oxygens (including phenoxy) is 1. The highest BCUT2D eigenvalue weighted by Gasteiger charge is 2.50. The second-order valence-electron chi connectivity index (χ2n) is 7.25. The van der Waals surface area contributed by atoms with Crippen molar-refractivity contribution in [3.63, 3.8) is 0 Å². The number of esters is 1. The van der Waals surface area contributed by atoms with E-state index in [9.17, 15) is 19.2 Å². The summed E-state index contributed by atoms with van der Waals surface area (Å²) in [7, 11) is 1.86. The van der Waals surface area contributed by atoms with E-state index in [0.29, 0.717) is 18.4 Å². The van der Waals surface area contributed by atoms with Crippen molar-refractivity contribution in [1.82, 2.24) is 9.47 Å². The summed E-state index contributed by atoms with van der Waals surface area (Å²) in [6.45, 7) is 4.75. The van der Waals surface area contributed by atoms with Crippen LogP contribution in [-0.2, 0) is 26.2 Å². The first-order chi connectivity index (χ1) is 12.7. The maximum absolute atomic E-state index is 12.5. The van der Waals surface area contributed by atoms with Gasteiger partial charge in [-0.2, -0.15) is 0 Å². The highest BCUT2D eigenvalue weighted by molar-refractivity contribution is 6.08. The zero-order chi connectivity index (χ0) is 19.9. The Kier molecular flexibility index (Phi) is 5.04. The smallest absolute Gasteiger partial charge is 0.329 e. The molecule has 2 heterocycles. The van der Waals surface area contributed by atoms with E-state index in [1.165, 1.54) is 6.92 Å². The fourth-order valence-corrected chi connectivity index (χ4v) is 3.79. The Morgan fingerprint density at radius 1 is 1.15 bits per heavy atom. The van der Waals surface area contributed by atoms with Crippen molar-refractivity contribution in [3.05, 3.63) is 35.2 Å². The molecule has 1 aromatic heterocycles. The molecule has 1 fully saturated rings. The third kappa shape index (κ3) is 3.22. The van der Waals surface area contributed by atoms with E-state index >= 15 is 0 Å². The van der Waals surface area contributed by atoms with Crippen molar-refractivity contribution in [2.75, 3.05) is 6.61 Å². The zero-order valence-electron chi connectivity index (χ0n) is 16.0. The van der Waals surface area contributed by atoms with E-state index in [-0.39, 0.29) is 17.6 Å². The van der Waals surface area contributed by atoms with Gasteiger partial charge in [0.15, 0.2) is 6.61 Å². The molecule has 1 aliphatic carbocycles. The van der Waals surface area contributed by atoms with Crippen LogP contribution in [0.5, 0.6) is 0 Å². The van der Waals surface area contributed by atoms with Crippen LogP contribution < -0.4 is 0 Å². The van der Waals surface area contributed by atoms with Crippen molar-refractivity contribution >= 4 is 23.6 Å². The number of fused-ring (bicyclic) bond motifs is 1. The van der Waals surface area contributed by atoms with Crippen molar-refractivity contribution in [2.24, 2.45) is 18.9 Å². The van der Waals surface area contributed by atoms with Gasteiger partial charge in [0.05, 0.1) is 11.8 Å². The average Bonchev–Trinajstić information content (AvgIpc) is 3.07. The van der Waals surface area contributed by atoms with E-state index in [1.807, 2.05) is 37.6 Å². The molecule has 7 nitrogen and oxygen atoms in total. The molecular weight excluding hydrogens is 348 g/mol. The van der Waals surface area contributed by atoms with E-state index in [1.54, 1.807) is 6.07 Å². The Hall–Kier alpha value is -2.70. The molecule has 1 saturated heterocycles. The lowest BCUT2D eigenvalue weighted by Gasteiger charge is -2.21. The Labute approximate surface area is 158 Å². The summed E-state index contributed by atoms with van der Waals surface area (Å²) < 4.78 is 7.01.